The van der Waals surface area contributed by atoms with E-state index in [0.717, 1.165) is 5.56 Å². The molecule has 2 aliphatic heterocycles. The van der Waals surface area contributed by atoms with E-state index < -0.39 is 53.3 Å². The number of piperidine rings is 1. The summed E-state index contributed by atoms with van der Waals surface area (Å²) in [5.74, 6) is -4.26. The summed E-state index contributed by atoms with van der Waals surface area (Å²) in [5.41, 5.74) is -0.503. The van der Waals surface area contributed by atoms with E-state index in [0.29, 0.717) is 24.9 Å². The molecule has 4 aliphatic rings. The highest BCUT2D eigenvalue weighted by Gasteiger charge is 2.72. The van der Waals surface area contributed by atoms with Gasteiger partial charge in [0.25, 0.3) is 0 Å². The highest BCUT2D eigenvalue weighted by molar-refractivity contribution is 5.87. The fourth-order valence-electron chi connectivity index (χ4n) is 6.94. The number of aliphatic carboxylic acids is 1. The van der Waals surface area contributed by atoms with Gasteiger partial charge in [0.2, 0.25) is 6.10 Å². The van der Waals surface area contributed by atoms with Crippen LogP contribution in [0.5, 0.6) is 11.5 Å². The number of hydrogen-bond donors (Lipinski definition) is 5. The van der Waals surface area contributed by atoms with Crippen molar-refractivity contribution < 1.29 is 54.1 Å². The van der Waals surface area contributed by atoms with Gasteiger partial charge >= 0.3 is 17.9 Å². The van der Waals surface area contributed by atoms with Crippen LogP contribution in [-0.4, -0.2) is 91.9 Å². The molecule has 2 bridgehead atoms. The minimum atomic E-state index is -2.47. The van der Waals surface area contributed by atoms with Crippen LogP contribution in [-0.2, 0) is 35.7 Å². The van der Waals surface area contributed by atoms with Gasteiger partial charge in [0.05, 0.1) is 11.0 Å². The van der Waals surface area contributed by atoms with Gasteiger partial charge in [-0.2, -0.15) is 0 Å². The number of esters is 2. The molecule has 12 heteroatoms. The second kappa shape index (κ2) is 9.55. The summed E-state index contributed by atoms with van der Waals surface area (Å²) in [6.07, 6.45) is -4.95. The molecule has 2 heterocycles. The number of benzene rings is 2. The number of aromatic hydroxyl groups is 1. The second-order valence-corrected chi connectivity index (χ2v) is 11.0. The third-order valence-corrected chi connectivity index (χ3v) is 8.92. The first kappa shape index (κ1) is 27.2. The monoisotopic (exact) mass is 567 g/mol. The summed E-state index contributed by atoms with van der Waals surface area (Å²) in [6.45, 7) is 0.622. The van der Waals surface area contributed by atoms with Crippen LogP contribution in [0.25, 0.3) is 0 Å². The number of ether oxygens (including phenoxy) is 3. The van der Waals surface area contributed by atoms with Crippen LogP contribution in [0.3, 0.4) is 0 Å². The van der Waals surface area contributed by atoms with E-state index in [-0.39, 0.29) is 35.3 Å². The molecule has 7 atom stereocenters. The molecule has 2 aromatic rings. The van der Waals surface area contributed by atoms with Gasteiger partial charge in [0, 0.05) is 23.6 Å². The van der Waals surface area contributed by atoms with Crippen molar-refractivity contribution in [1.82, 2.24) is 4.90 Å². The lowest BCUT2D eigenvalue weighted by Crippen LogP contribution is -2.74. The number of carbonyl (C=O) groups is 3. The van der Waals surface area contributed by atoms with Crippen LogP contribution in [0.2, 0.25) is 0 Å². The SMILES string of the molecule is CN1CC[C@@]23c4c5ccc(O)c4O[C@@H]2C(OC(=O)[C@@H](OC(=O)[C@H](O)[C@@H](O)C(=O)O)c2ccccc2)=CC[C@]3(O)[C@@H]1C5. The largest absolute Gasteiger partial charge is 0.504 e. The van der Waals surface area contributed by atoms with E-state index in [1.807, 2.05) is 13.1 Å². The van der Waals surface area contributed by atoms with Crippen LogP contribution in [0.15, 0.2) is 54.3 Å². The van der Waals surface area contributed by atoms with Crippen LogP contribution in [0, 0.1) is 0 Å². The molecular weight excluding hydrogens is 538 g/mol. The van der Waals surface area contributed by atoms with Crippen molar-refractivity contribution in [3.8, 4) is 11.5 Å². The second-order valence-electron chi connectivity index (χ2n) is 11.0. The van der Waals surface area contributed by atoms with Gasteiger partial charge in [-0.15, -0.1) is 0 Å². The molecular formula is C29H29NO11. The molecule has 1 spiro atoms. The zero-order valence-electron chi connectivity index (χ0n) is 22.0. The summed E-state index contributed by atoms with van der Waals surface area (Å²) in [6, 6.07) is 10.9. The minimum absolute atomic E-state index is 0.0644. The molecule has 0 unspecified atom stereocenters. The van der Waals surface area contributed by atoms with Crippen molar-refractivity contribution in [3.63, 3.8) is 0 Å². The summed E-state index contributed by atoms with van der Waals surface area (Å²) < 4.78 is 17.3. The Bertz CT molecular complexity index is 1460. The number of likely N-dealkylation sites (N-methyl/N-ethyl adjacent to an activating group) is 1. The van der Waals surface area contributed by atoms with E-state index in [2.05, 4.69) is 4.90 Å². The van der Waals surface area contributed by atoms with Crippen LogP contribution < -0.4 is 4.74 Å². The fraction of sp³-hybridized carbons (Fsp3) is 0.414. The van der Waals surface area contributed by atoms with Crippen molar-refractivity contribution in [2.45, 2.75) is 60.7 Å². The number of carboxylic acid groups (broad SMARTS) is 1. The standard InChI is InChI=1S/C29H29NO11/c1-30-12-11-28-19-15-7-8-16(31)23(19)40-24(28)17(9-10-29(28,38)18(30)13-15)39-27(37)22(14-5-3-2-4-6-14)41-26(36)21(33)20(32)25(34)35/h2-9,18,20-22,24,31-33,38H,10-13H2,1H3,(H,34,35)/t18-,20+,21+,22-,24+,28+,29-/m0/s1. The number of nitrogens with zero attached hydrogens (tertiary/aromatic N) is 1. The van der Waals surface area contributed by atoms with Crippen LogP contribution in [0.4, 0.5) is 0 Å². The number of aliphatic hydroxyl groups is 3. The van der Waals surface area contributed by atoms with Crippen molar-refractivity contribution in [1.29, 1.82) is 0 Å². The Balaban J connectivity index is 1.35. The predicted octanol–water partition coefficient (Wildman–Crippen LogP) is 0.304. The van der Waals surface area contributed by atoms with Crippen molar-refractivity contribution in [2.75, 3.05) is 13.6 Å². The molecule has 6 rings (SSSR count). The van der Waals surface area contributed by atoms with Gasteiger partial charge in [-0.05, 0) is 44.1 Å². The molecule has 12 nitrogen and oxygen atoms in total. The average Bonchev–Trinajstić information content (AvgIpc) is 3.32. The third kappa shape index (κ3) is 3.86. The Morgan fingerprint density at radius 1 is 1.07 bits per heavy atom. The first-order valence-corrected chi connectivity index (χ1v) is 13.2. The Morgan fingerprint density at radius 2 is 1.80 bits per heavy atom. The fourth-order valence-corrected chi connectivity index (χ4v) is 6.94. The maximum atomic E-state index is 13.6. The first-order chi connectivity index (χ1) is 19.5. The molecule has 0 aromatic heterocycles. The summed E-state index contributed by atoms with van der Waals surface area (Å²) in [4.78, 5) is 39.3. The molecule has 1 fully saturated rings. The molecule has 2 aromatic carbocycles. The van der Waals surface area contributed by atoms with Gasteiger partial charge in [0.1, 0.15) is 5.76 Å². The third-order valence-electron chi connectivity index (χ3n) is 8.92. The summed E-state index contributed by atoms with van der Waals surface area (Å²) >= 11 is 0. The smallest absolute Gasteiger partial charge is 0.357 e. The molecule has 5 N–H and O–H groups in total. The number of phenols is 1. The van der Waals surface area contributed by atoms with E-state index in [4.69, 9.17) is 19.3 Å². The van der Waals surface area contributed by atoms with E-state index in [9.17, 15) is 34.8 Å². The minimum Gasteiger partial charge on any atom is -0.504 e. The summed E-state index contributed by atoms with van der Waals surface area (Å²) in [7, 11) is 1.94. The molecule has 0 radical (unpaired) electrons. The van der Waals surface area contributed by atoms with Gasteiger partial charge in [-0.25, -0.2) is 14.4 Å². The van der Waals surface area contributed by atoms with Crippen molar-refractivity contribution in [2.24, 2.45) is 0 Å². The quantitative estimate of drug-likeness (QED) is 0.289. The Hall–Kier alpha value is -3.97. The molecule has 1 saturated heterocycles. The number of likely N-dealkylation sites (tertiary alicyclic amines) is 1. The summed E-state index contributed by atoms with van der Waals surface area (Å²) in [5, 5.41) is 51.4. The normalized spacial score (nSPS) is 29.7. The average molecular weight is 568 g/mol. The number of rotatable bonds is 7. The predicted molar refractivity (Wildman–Crippen MR) is 138 cm³/mol. The number of carbonyl (C=O) groups excluding carboxylic acids is 2. The number of aliphatic hydroxyl groups excluding tert-OH is 2. The van der Waals surface area contributed by atoms with Crippen molar-refractivity contribution >= 4 is 17.9 Å². The number of hydrogen-bond acceptors (Lipinski definition) is 11. The van der Waals surface area contributed by atoms with Crippen LogP contribution >= 0.6 is 0 Å². The zero-order valence-corrected chi connectivity index (χ0v) is 22.0. The molecule has 41 heavy (non-hydrogen) atoms. The van der Waals surface area contributed by atoms with E-state index in [1.54, 1.807) is 30.3 Å². The van der Waals surface area contributed by atoms with Gasteiger partial charge in [-0.1, -0.05) is 36.4 Å². The molecule has 0 amide bonds. The Labute approximate surface area is 234 Å². The first-order valence-electron chi connectivity index (χ1n) is 13.2. The highest BCUT2D eigenvalue weighted by atomic mass is 16.6. The van der Waals surface area contributed by atoms with Crippen molar-refractivity contribution in [3.05, 3.63) is 71.0 Å². The topological polar surface area (TPSA) is 183 Å². The number of carboxylic acids is 1. The lowest BCUT2D eigenvalue weighted by Gasteiger charge is -2.61. The highest BCUT2D eigenvalue weighted by Crippen LogP contribution is 2.65. The molecule has 216 valence electrons. The Kier molecular flexibility index (Phi) is 6.34. The lowest BCUT2D eigenvalue weighted by atomic mass is 9.50. The molecule has 2 aliphatic carbocycles. The lowest BCUT2D eigenvalue weighted by molar-refractivity contribution is -0.183. The number of phenolic OH excluding ortho intramolecular Hbond substituents is 1. The van der Waals surface area contributed by atoms with E-state index in [1.165, 1.54) is 12.1 Å². The zero-order chi connectivity index (χ0) is 29.3. The van der Waals surface area contributed by atoms with Gasteiger partial charge < -0.3 is 44.6 Å². The maximum absolute atomic E-state index is 13.6. The molecule has 0 saturated carbocycles. The van der Waals surface area contributed by atoms with E-state index >= 15 is 0 Å². The maximum Gasteiger partial charge on any atom is 0.357 e. The van der Waals surface area contributed by atoms with Gasteiger partial charge in [0.15, 0.2) is 29.8 Å². The van der Waals surface area contributed by atoms with Gasteiger partial charge in [-0.3, -0.25) is 0 Å². The Morgan fingerprint density at radius 3 is 2.51 bits per heavy atom. The van der Waals surface area contributed by atoms with Crippen LogP contribution in [0.1, 0.15) is 35.6 Å².